The van der Waals surface area contributed by atoms with Crippen LogP contribution >= 0.6 is 12.4 Å². The molecule has 4 heteroatoms. The van der Waals surface area contributed by atoms with Crippen LogP contribution in [0.4, 0.5) is 0 Å². The molecule has 0 spiro atoms. The van der Waals surface area contributed by atoms with Gasteiger partial charge in [-0.3, -0.25) is 4.79 Å². The Hall–Kier alpha value is -1.06. The molecule has 0 fully saturated rings. The number of benzene rings is 1. The minimum absolute atomic E-state index is 0. The molecule has 0 bridgehead atoms. The summed E-state index contributed by atoms with van der Waals surface area (Å²) in [6, 6.07) is 9.58. The molecule has 1 aromatic carbocycles. The smallest absolute Gasteiger partial charge is 0.237 e. The van der Waals surface area contributed by atoms with E-state index in [1.807, 2.05) is 37.3 Å². The molecule has 3 N–H and O–H groups in total. The molecule has 0 saturated heterocycles. The van der Waals surface area contributed by atoms with E-state index in [1.54, 1.807) is 0 Å². The molecule has 120 valence electrons. The molecule has 0 saturated carbocycles. The third kappa shape index (κ3) is 8.74. The number of hydrogen-bond acceptors (Lipinski definition) is 2. The van der Waals surface area contributed by atoms with E-state index in [9.17, 15) is 4.79 Å². The van der Waals surface area contributed by atoms with Gasteiger partial charge in [0.15, 0.2) is 0 Å². The SMILES string of the molecule is CC(CCC(C)(C)C)NC(=O)[C@@H](N)Cc1ccccc1.Cl. The normalized spacial score (nSPS) is 14.0. The number of halogens is 1. The van der Waals surface area contributed by atoms with Crippen LogP contribution in [0.2, 0.25) is 0 Å². The molecule has 0 aliphatic heterocycles. The molecule has 1 rings (SSSR count). The molecule has 2 atom stereocenters. The molecule has 0 aromatic heterocycles. The molecule has 3 nitrogen and oxygen atoms in total. The van der Waals surface area contributed by atoms with Gasteiger partial charge in [-0.1, -0.05) is 51.1 Å². The van der Waals surface area contributed by atoms with Gasteiger partial charge in [-0.05, 0) is 37.2 Å². The molecule has 0 heterocycles. The largest absolute Gasteiger partial charge is 0.352 e. The molecular formula is C17H29ClN2O. The van der Waals surface area contributed by atoms with Crippen LogP contribution in [0.3, 0.4) is 0 Å². The zero-order valence-electron chi connectivity index (χ0n) is 13.6. The summed E-state index contributed by atoms with van der Waals surface area (Å²) in [7, 11) is 0. The van der Waals surface area contributed by atoms with E-state index in [0.717, 1.165) is 18.4 Å². The molecule has 1 aromatic rings. The van der Waals surface area contributed by atoms with Gasteiger partial charge in [0.05, 0.1) is 6.04 Å². The van der Waals surface area contributed by atoms with Crippen LogP contribution < -0.4 is 11.1 Å². The van der Waals surface area contributed by atoms with Gasteiger partial charge in [-0.25, -0.2) is 0 Å². The average Bonchev–Trinajstić information content (AvgIpc) is 2.36. The summed E-state index contributed by atoms with van der Waals surface area (Å²) in [5.74, 6) is -0.0599. The summed E-state index contributed by atoms with van der Waals surface area (Å²) in [5, 5.41) is 3.01. The van der Waals surface area contributed by atoms with Crippen LogP contribution in [0.5, 0.6) is 0 Å². The standard InChI is InChI=1S/C17H28N2O.ClH/c1-13(10-11-17(2,3)4)19-16(20)15(18)12-14-8-6-5-7-9-14;/h5-9,13,15H,10-12,18H2,1-4H3,(H,19,20);1H/t13?,15-;/m0./s1. The molecule has 1 unspecified atom stereocenters. The van der Waals surface area contributed by atoms with Crippen LogP contribution in [0.25, 0.3) is 0 Å². The fourth-order valence-electron chi connectivity index (χ4n) is 2.03. The van der Waals surface area contributed by atoms with Crippen molar-refractivity contribution in [3.05, 3.63) is 35.9 Å². The fraction of sp³-hybridized carbons (Fsp3) is 0.588. The first-order valence-corrected chi connectivity index (χ1v) is 7.38. The van der Waals surface area contributed by atoms with Crippen molar-refractivity contribution in [1.29, 1.82) is 0 Å². The first-order valence-electron chi connectivity index (χ1n) is 7.38. The third-order valence-corrected chi connectivity index (χ3v) is 3.35. The second kappa shape index (κ2) is 9.06. The predicted octanol–water partition coefficient (Wildman–Crippen LogP) is 3.31. The summed E-state index contributed by atoms with van der Waals surface area (Å²) in [5.41, 5.74) is 7.36. The fourth-order valence-corrected chi connectivity index (χ4v) is 2.03. The Balaban J connectivity index is 0.00000400. The number of carbonyl (C=O) groups is 1. The Morgan fingerprint density at radius 2 is 1.81 bits per heavy atom. The first kappa shape index (κ1) is 19.9. The Morgan fingerprint density at radius 3 is 2.33 bits per heavy atom. The maximum absolute atomic E-state index is 12.0. The highest BCUT2D eigenvalue weighted by Crippen LogP contribution is 2.21. The van der Waals surface area contributed by atoms with E-state index in [0.29, 0.717) is 11.8 Å². The van der Waals surface area contributed by atoms with E-state index in [1.165, 1.54) is 0 Å². The van der Waals surface area contributed by atoms with Crippen molar-refractivity contribution < 1.29 is 4.79 Å². The summed E-state index contributed by atoms with van der Waals surface area (Å²) in [6.07, 6.45) is 2.65. The second-order valence-corrected chi connectivity index (χ2v) is 6.81. The number of rotatable bonds is 6. The van der Waals surface area contributed by atoms with E-state index >= 15 is 0 Å². The van der Waals surface area contributed by atoms with E-state index in [2.05, 4.69) is 26.1 Å². The van der Waals surface area contributed by atoms with Crippen LogP contribution in [0.15, 0.2) is 30.3 Å². The Bertz CT molecular complexity index is 415. The average molecular weight is 313 g/mol. The van der Waals surface area contributed by atoms with Crippen molar-refractivity contribution in [3.8, 4) is 0 Å². The number of amides is 1. The Morgan fingerprint density at radius 1 is 1.24 bits per heavy atom. The van der Waals surface area contributed by atoms with Crippen molar-refractivity contribution in [1.82, 2.24) is 5.32 Å². The van der Waals surface area contributed by atoms with Crippen LogP contribution in [-0.4, -0.2) is 18.0 Å². The van der Waals surface area contributed by atoms with Gasteiger partial charge in [0.2, 0.25) is 5.91 Å². The maximum atomic E-state index is 12.0. The minimum atomic E-state index is -0.477. The summed E-state index contributed by atoms with van der Waals surface area (Å²) in [6.45, 7) is 8.67. The van der Waals surface area contributed by atoms with E-state index in [-0.39, 0.29) is 24.4 Å². The number of nitrogens with one attached hydrogen (secondary N) is 1. The molecule has 0 aliphatic carbocycles. The minimum Gasteiger partial charge on any atom is -0.352 e. The van der Waals surface area contributed by atoms with Gasteiger partial charge < -0.3 is 11.1 Å². The summed E-state index contributed by atoms with van der Waals surface area (Å²) < 4.78 is 0. The van der Waals surface area contributed by atoms with Gasteiger partial charge in [0.25, 0.3) is 0 Å². The van der Waals surface area contributed by atoms with Crippen molar-refractivity contribution in [2.45, 2.75) is 59.0 Å². The zero-order chi connectivity index (χ0) is 15.2. The van der Waals surface area contributed by atoms with Gasteiger partial charge in [-0.15, -0.1) is 12.4 Å². The third-order valence-electron chi connectivity index (χ3n) is 3.35. The van der Waals surface area contributed by atoms with Crippen LogP contribution in [-0.2, 0) is 11.2 Å². The summed E-state index contributed by atoms with van der Waals surface area (Å²) >= 11 is 0. The molecule has 21 heavy (non-hydrogen) atoms. The van der Waals surface area contributed by atoms with E-state index in [4.69, 9.17) is 5.73 Å². The van der Waals surface area contributed by atoms with Crippen molar-refractivity contribution in [3.63, 3.8) is 0 Å². The first-order chi connectivity index (χ1) is 9.28. The Kier molecular flexibility index (Phi) is 8.60. The molecule has 0 radical (unpaired) electrons. The highest BCUT2D eigenvalue weighted by molar-refractivity contribution is 5.85. The van der Waals surface area contributed by atoms with Crippen LogP contribution in [0, 0.1) is 5.41 Å². The number of nitrogens with two attached hydrogens (primary N) is 1. The highest BCUT2D eigenvalue weighted by Gasteiger charge is 2.18. The number of hydrogen-bond donors (Lipinski definition) is 2. The van der Waals surface area contributed by atoms with Gasteiger partial charge >= 0.3 is 0 Å². The lowest BCUT2D eigenvalue weighted by Gasteiger charge is -2.22. The van der Waals surface area contributed by atoms with Crippen molar-refractivity contribution >= 4 is 18.3 Å². The quantitative estimate of drug-likeness (QED) is 0.846. The lowest BCUT2D eigenvalue weighted by molar-refractivity contribution is -0.123. The molecule has 0 aliphatic rings. The Labute approximate surface area is 135 Å². The predicted molar refractivity (Wildman–Crippen MR) is 91.7 cm³/mol. The zero-order valence-corrected chi connectivity index (χ0v) is 14.4. The topological polar surface area (TPSA) is 55.1 Å². The summed E-state index contributed by atoms with van der Waals surface area (Å²) in [4.78, 5) is 12.0. The lowest BCUT2D eigenvalue weighted by Crippen LogP contribution is -2.45. The molecular weight excluding hydrogens is 284 g/mol. The van der Waals surface area contributed by atoms with E-state index < -0.39 is 6.04 Å². The molecule has 1 amide bonds. The van der Waals surface area contributed by atoms with Crippen molar-refractivity contribution in [2.24, 2.45) is 11.1 Å². The maximum Gasteiger partial charge on any atom is 0.237 e. The van der Waals surface area contributed by atoms with Crippen LogP contribution in [0.1, 0.15) is 46.1 Å². The van der Waals surface area contributed by atoms with Crippen molar-refractivity contribution in [2.75, 3.05) is 0 Å². The lowest BCUT2D eigenvalue weighted by atomic mass is 9.89. The highest BCUT2D eigenvalue weighted by atomic mass is 35.5. The number of carbonyl (C=O) groups excluding carboxylic acids is 1. The van der Waals surface area contributed by atoms with Gasteiger partial charge in [-0.2, -0.15) is 0 Å². The monoisotopic (exact) mass is 312 g/mol. The second-order valence-electron chi connectivity index (χ2n) is 6.81. The van der Waals surface area contributed by atoms with Gasteiger partial charge in [0.1, 0.15) is 0 Å². The van der Waals surface area contributed by atoms with Gasteiger partial charge in [0, 0.05) is 6.04 Å².